The van der Waals surface area contributed by atoms with E-state index in [0.717, 1.165) is 13.0 Å². The molecule has 0 spiro atoms. The second-order valence-electron chi connectivity index (χ2n) is 7.42. The van der Waals surface area contributed by atoms with Gasteiger partial charge in [-0.3, -0.25) is 9.59 Å². The summed E-state index contributed by atoms with van der Waals surface area (Å²) in [4.78, 5) is 26.6. The number of rotatable bonds is 10. The molecule has 1 aliphatic rings. The molecule has 162 valence electrons. The average molecular weight is 434 g/mol. The van der Waals surface area contributed by atoms with E-state index in [-0.39, 0.29) is 10.9 Å². The molecule has 0 atom stereocenters. The van der Waals surface area contributed by atoms with Crippen LogP contribution in [0, 0.1) is 5.82 Å². The highest BCUT2D eigenvalue weighted by molar-refractivity contribution is 7.13. The minimum absolute atomic E-state index is 0.0437. The molecule has 1 aromatic carbocycles. The van der Waals surface area contributed by atoms with Gasteiger partial charge in [0.05, 0.1) is 0 Å². The topological polar surface area (TPSA) is 87.2 Å². The fourth-order valence-electron chi connectivity index (χ4n) is 3.40. The monoisotopic (exact) mass is 433 g/mol. The molecule has 1 fully saturated rings. The zero-order valence-corrected chi connectivity index (χ0v) is 17.8. The van der Waals surface area contributed by atoms with Crippen LogP contribution in [0.25, 0.3) is 0 Å². The number of nitrogens with one attached hydrogen (secondary N) is 2. The van der Waals surface area contributed by atoms with Crippen molar-refractivity contribution in [2.24, 2.45) is 0 Å². The quantitative estimate of drug-likeness (QED) is 0.562. The number of aromatic nitrogens is 2. The minimum atomic E-state index is -0.421. The summed E-state index contributed by atoms with van der Waals surface area (Å²) in [6.45, 7) is 4.11. The van der Waals surface area contributed by atoms with Crippen LogP contribution in [0.4, 0.5) is 10.1 Å². The number of aryl methyl sites for hydroxylation is 1. The third-order valence-corrected chi connectivity index (χ3v) is 5.94. The van der Waals surface area contributed by atoms with Crippen molar-refractivity contribution < 1.29 is 14.0 Å². The minimum Gasteiger partial charge on any atom is -0.356 e. The number of piperidine rings is 1. The molecule has 0 bridgehead atoms. The first kappa shape index (κ1) is 22.3. The van der Waals surface area contributed by atoms with Gasteiger partial charge in [-0.2, -0.15) is 0 Å². The summed E-state index contributed by atoms with van der Waals surface area (Å²) in [5.74, 6) is -0.798. The molecule has 0 saturated carbocycles. The van der Waals surface area contributed by atoms with E-state index in [2.05, 4.69) is 25.7 Å². The highest BCUT2D eigenvalue weighted by atomic mass is 32.1. The second kappa shape index (κ2) is 11.7. The van der Waals surface area contributed by atoms with E-state index in [1.165, 1.54) is 61.9 Å². The van der Waals surface area contributed by atoms with Gasteiger partial charge in [-0.15, -0.1) is 10.2 Å². The van der Waals surface area contributed by atoms with Gasteiger partial charge in [-0.05, 0) is 63.5 Å². The summed E-state index contributed by atoms with van der Waals surface area (Å²) in [5, 5.41) is 14.4. The molecule has 7 nitrogen and oxygen atoms in total. The van der Waals surface area contributed by atoms with Crippen molar-refractivity contribution in [1.82, 2.24) is 20.4 Å². The maximum absolute atomic E-state index is 13.2. The van der Waals surface area contributed by atoms with Gasteiger partial charge in [0.2, 0.25) is 10.9 Å². The van der Waals surface area contributed by atoms with Crippen LogP contribution >= 0.6 is 11.3 Å². The Morgan fingerprint density at radius 2 is 1.97 bits per heavy atom. The summed E-state index contributed by atoms with van der Waals surface area (Å²) < 4.78 is 13.2. The SMILES string of the molecule is O=C(CCCc1nnc(C(=O)Nc2cccc(F)c2)s1)NCCCN1CCCCC1. The Bertz CT molecular complexity index is 838. The molecule has 1 saturated heterocycles. The number of likely N-dealkylation sites (tertiary alicyclic amines) is 1. The fourth-order valence-corrected chi connectivity index (χ4v) is 4.18. The molecule has 30 heavy (non-hydrogen) atoms. The van der Waals surface area contributed by atoms with Crippen molar-refractivity contribution in [3.8, 4) is 0 Å². The lowest BCUT2D eigenvalue weighted by atomic mass is 10.1. The second-order valence-corrected chi connectivity index (χ2v) is 8.49. The molecule has 2 amide bonds. The van der Waals surface area contributed by atoms with Gasteiger partial charge >= 0.3 is 0 Å². The number of carbonyl (C=O) groups excluding carboxylic acids is 2. The molecule has 3 rings (SSSR count). The number of benzene rings is 1. The van der Waals surface area contributed by atoms with E-state index in [9.17, 15) is 14.0 Å². The van der Waals surface area contributed by atoms with Crippen molar-refractivity contribution in [1.29, 1.82) is 0 Å². The van der Waals surface area contributed by atoms with Gasteiger partial charge in [-0.25, -0.2) is 4.39 Å². The average Bonchev–Trinajstić information content (AvgIpc) is 3.21. The molecule has 0 unspecified atom stereocenters. The number of carbonyl (C=O) groups is 2. The van der Waals surface area contributed by atoms with Crippen molar-refractivity contribution in [2.45, 2.75) is 44.9 Å². The van der Waals surface area contributed by atoms with Crippen LogP contribution in [0.3, 0.4) is 0 Å². The van der Waals surface area contributed by atoms with E-state index >= 15 is 0 Å². The smallest absolute Gasteiger partial charge is 0.286 e. The van der Waals surface area contributed by atoms with Gasteiger partial charge < -0.3 is 15.5 Å². The molecule has 1 aromatic heterocycles. The standard InChI is InChI=1S/C21H28FN5O2S/c22-16-7-4-8-17(15-16)24-20(29)21-26-25-19(30-21)10-5-9-18(28)23-11-6-14-27-12-2-1-3-13-27/h4,7-8,15H,1-3,5-6,9-14H2,(H,23,28)(H,24,29). The molecule has 2 N–H and O–H groups in total. The molecular formula is C21H28FN5O2S. The Kier molecular flexibility index (Phi) is 8.70. The van der Waals surface area contributed by atoms with Crippen molar-refractivity contribution >= 4 is 28.8 Å². The fraction of sp³-hybridized carbons (Fsp3) is 0.524. The number of hydrogen-bond acceptors (Lipinski definition) is 6. The Balaban J connectivity index is 1.31. The lowest BCUT2D eigenvalue weighted by Crippen LogP contribution is -2.33. The maximum atomic E-state index is 13.2. The molecule has 0 radical (unpaired) electrons. The number of nitrogens with zero attached hydrogens (tertiary/aromatic N) is 3. The van der Waals surface area contributed by atoms with Crippen LogP contribution in [0.1, 0.15) is 53.3 Å². The van der Waals surface area contributed by atoms with Gasteiger partial charge in [0.25, 0.3) is 5.91 Å². The summed E-state index contributed by atoms with van der Waals surface area (Å²) in [6, 6.07) is 5.68. The Morgan fingerprint density at radius 1 is 1.13 bits per heavy atom. The molecule has 2 aromatic rings. The maximum Gasteiger partial charge on any atom is 0.286 e. The summed E-state index contributed by atoms with van der Waals surface area (Å²) in [7, 11) is 0. The van der Waals surface area contributed by atoms with Gasteiger partial charge in [0.15, 0.2) is 0 Å². The highest BCUT2D eigenvalue weighted by Crippen LogP contribution is 2.16. The predicted molar refractivity (Wildman–Crippen MR) is 115 cm³/mol. The van der Waals surface area contributed by atoms with Crippen LogP contribution in [-0.2, 0) is 11.2 Å². The summed E-state index contributed by atoms with van der Waals surface area (Å²) in [5.41, 5.74) is 0.369. The molecule has 1 aliphatic heterocycles. The highest BCUT2D eigenvalue weighted by Gasteiger charge is 2.14. The van der Waals surface area contributed by atoms with Crippen LogP contribution in [-0.4, -0.2) is 53.1 Å². The van der Waals surface area contributed by atoms with Crippen molar-refractivity contribution in [2.75, 3.05) is 31.5 Å². The van der Waals surface area contributed by atoms with E-state index in [0.29, 0.717) is 36.5 Å². The van der Waals surface area contributed by atoms with E-state index in [1.807, 2.05) is 0 Å². The summed E-state index contributed by atoms with van der Waals surface area (Å²) in [6.07, 6.45) is 6.55. The third-order valence-electron chi connectivity index (χ3n) is 4.96. The van der Waals surface area contributed by atoms with E-state index in [4.69, 9.17) is 0 Å². The number of anilines is 1. The van der Waals surface area contributed by atoms with Crippen LogP contribution in [0.5, 0.6) is 0 Å². The lowest BCUT2D eigenvalue weighted by Gasteiger charge is -2.26. The van der Waals surface area contributed by atoms with E-state index in [1.54, 1.807) is 6.07 Å². The van der Waals surface area contributed by atoms with Gasteiger partial charge in [0, 0.05) is 25.1 Å². The molecular weight excluding hydrogens is 405 g/mol. The largest absolute Gasteiger partial charge is 0.356 e. The zero-order valence-electron chi connectivity index (χ0n) is 17.0. The van der Waals surface area contributed by atoms with Crippen molar-refractivity contribution in [3.05, 3.63) is 40.1 Å². The molecule has 0 aliphatic carbocycles. The van der Waals surface area contributed by atoms with Crippen LogP contribution in [0.2, 0.25) is 0 Å². The zero-order chi connectivity index (χ0) is 21.2. The first-order chi connectivity index (χ1) is 14.6. The van der Waals surface area contributed by atoms with Crippen LogP contribution < -0.4 is 10.6 Å². The number of halogens is 1. The van der Waals surface area contributed by atoms with E-state index < -0.39 is 11.7 Å². The Hall–Kier alpha value is -2.39. The predicted octanol–water partition coefficient (Wildman–Crippen LogP) is 3.24. The lowest BCUT2D eigenvalue weighted by molar-refractivity contribution is -0.121. The molecule has 2 heterocycles. The third kappa shape index (κ3) is 7.46. The Labute approximate surface area is 180 Å². The first-order valence-corrected chi connectivity index (χ1v) is 11.3. The number of amides is 2. The van der Waals surface area contributed by atoms with Gasteiger partial charge in [-0.1, -0.05) is 23.8 Å². The van der Waals surface area contributed by atoms with Crippen LogP contribution in [0.15, 0.2) is 24.3 Å². The normalized spacial score (nSPS) is 14.4. The summed E-state index contributed by atoms with van der Waals surface area (Å²) >= 11 is 1.19. The molecule has 9 heteroatoms. The first-order valence-electron chi connectivity index (χ1n) is 10.5. The Morgan fingerprint density at radius 3 is 2.77 bits per heavy atom. The number of hydrogen-bond donors (Lipinski definition) is 2. The van der Waals surface area contributed by atoms with Gasteiger partial charge in [0.1, 0.15) is 10.8 Å². The van der Waals surface area contributed by atoms with Crippen molar-refractivity contribution in [3.63, 3.8) is 0 Å².